The van der Waals surface area contributed by atoms with Crippen LogP contribution < -0.4 is 0 Å². The SMILES string of the molecule is CCOC(=O)c1ncc(-c2ccc(S(=O)(=O)N(CC(C)C)C[C@@H](O)[C@@H](CC(=O)OC3C4COC5OCC3C5C4)Cc3ccccc3)cc2)o1. The van der Waals surface area contributed by atoms with Crippen LogP contribution in [0.1, 0.15) is 49.9 Å². The molecule has 3 aliphatic rings. The number of esters is 2. The molecule has 1 N–H and O–H groups in total. The van der Waals surface area contributed by atoms with E-state index in [0.29, 0.717) is 25.2 Å². The monoisotopic (exact) mass is 696 g/mol. The van der Waals surface area contributed by atoms with Crippen LogP contribution in [0.4, 0.5) is 0 Å². The summed E-state index contributed by atoms with van der Waals surface area (Å²) in [6.45, 7) is 6.59. The van der Waals surface area contributed by atoms with Crippen molar-refractivity contribution in [3.63, 3.8) is 0 Å². The van der Waals surface area contributed by atoms with E-state index in [4.69, 9.17) is 23.4 Å². The minimum Gasteiger partial charge on any atom is -0.462 e. The van der Waals surface area contributed by atoms with E-state index in [1.165, 1.54) is 22.6 Å². The summed E-state index contributed by atoms with van der Waals surface area (Å²) >= 11 is 0. The zero-order valence-electron chi connectivity index (χ0n) is 28.0. The molecule has 2 aromatic carbocycles. The molecule has 7 atom stereocenters. The second-order valence-corrected chi connectivity index (χ2v) is 15.5. The van der Waals surface area contributed by atoms with Gasteiger partial charge in [0.05, 0.1) is 43.4 Å². The van der Waals surface area contributed by atoms with Crippen molar-refractivity contribution in [2.24, 2.45) is 29.6 Å². The summed E-state index contributed by atoms with van der Waals surface area (Å²) in [5.74, 6) is -1.22. The molecule has 49 heavy (non-hydrogen) atoms. The number of nitrogens with zero attached hydrogens (tertiary/aromatic N) is 2. The first-order chi connectivity index (χ1) is 23.5. The lowest BCUT2D eigenvalue weighted by Crippen LogP contribution is -2.43. The average Bonchev–Trinajstić information content (AvgIpc) is 3.80. The minimum absolute atomic E-state index is 0.0277. The Morgan fingerprint density at radius 3 is 2.47 bits per heavy atom. The summed E-state index contributed by atoms with van der Waals surface area (Å²) in [5.41, 5.74) is 1.44. The van der Waals surface area contributed by atoms with Gasteiger partial charge in [0.25, 0.3) is 0 Å². The fourth-order valence-corrected chi connectivity index (χ4v) is 8.82. The van der Waals surface area contributed by atoms with Crippen molar-refractivity contribution < 1.29 is 46.5 Å². The Bertz CT molecular complexity index is 1690. The minimum atomic E-state index is -4.07. The summed E-state index contributed by atoms with van der Waals surface area (Å²) in [5, 5.41) is 11.7. The summed E-state index contributed by atoms with van der Waals surface area (Å²) < 4.78 is 57.4. The Kier molecular flexibility index (Phi) is 10.8. The molecule has 0 spiro atoms. The number of hydrogen-bond donors (Lipinski definition) is 1. The van der Waals surface area contributed by atoms with Crippen LogP contribution in [0.2, 0.25) is 0 Å². The molecule has 3 fully saturated rings. The molecule has 2 saturated heterocycles. The lowest BCUT2D eigenvalue weighted by atomic mass is 9.90. The molecule has 12 nitrogen and oxygen atoms in total. The summed E-state index contributed by atoms with van der Waals surface area (Å²) in [6, 6.07) is 15.6. The van der Waals surface area contributed by atoms with Gasteiger partial charge < -0.3 is 28.5 Å². The van der Waals surface area contributed by atoms with Gasteiger partial charge in [0.1, 0.15) is 6.10 Å². The number of sulfonamides is 1. The number of benzene rings is 2. The lowest BCUT2D eigenvalue weighted by molar-refractivity contribution is -0.178. The molecule has 1 saturated carbocycles. The number of ether oxygens (including phenoxy) is 4. The van der Waals surface area contributed by atoms with Gasteiger partial charge in [-0.15, -0.1) is 0 Å². The van der Waals surface area contributed by atoms with Crippen molar-refractivity contribution in [1.29, 1.82) is 0 Å². The smallest absolute Gasteiger partial charge is 0.394 e. The average molecular weight is 697 g/mol. The van der Waals surface area contributed by atoms with Gasteiger partial charge in [-0.1, -0.05) is 44.2 Å². The third-order valence-electron chi connectivity index (χ3n) is 9.56. The van der Waals surface area contributed by atoms with Gasteiger partial charge in [-0.3, -0.25) is 4.79 Å². The Hall–Kier alpha value is -3.62. The third-order valence-corrected chi connectivity index (χ3v) is 11.4. The first-order valence-electron chi connectivity index (χ1n) is 16.9. The number of carbonyl (C=O) groups excluding carboxylic acids is 2. The van der Waals surface area contributed by atoms with E-state index in [0.717, 1.165) is 12.0 Å². The molecule has 264 valence electrons. The zero-order chi connectivity index (χ0) is 34.7. The Morgan fingerprint density at radius 2 is 1.76 bits per heavy atom. The number of oxazole rings is 1. The van der Waals surface area contributed by atoms with Crippen LogP contribution in [0, 0.1) is 29.6 Å². The Balaban J connectivity index is 1.18. The van der Waals surface area contributed by atoms with Crippen molar-refractivity contribution in [3.05, 3.63) is 72.2 Å². The molecule has 3 aromatic rings. The molecule has 13 heteroatoms. The quantitative estimate of drug-likeness (QED) is 0.226. The van der Waals surface area contributed by atoms with Crippen molar-refractivity contribution in [2.75, 3.05) is 32.9 Å². The molecule has 1 aromatic heterocycles. The number of fused-ring (bicyclic) bond motifs is 1. The summed E-state index contributed by atoms with van der Waals surface area (Å²) in [4.78, 5) is 29.4. The lowest BCUT2D eigenvalue weighted by Gasteiger charge is -2.31. The van der Waals surface area contributed by atoms with Gasteiger partial charge in [0.15, 0.2) is 12.1 Å². The first-order valence-corrected chi connectivity index (χ1v) is 18.4. The number of aromatic nitrogens is 1. The maximum Gasteiger partial charge on any atom is 0.394 e. The van der Waals surface area contributed by atoms with Crippen LogP contribution in [-0.4, -0.2) is 86.2 Å². The maximum atomic E-state index is 14.0. The van der Waals surface area contributed by atoms with E-state index in [1.54, 1.807) is 19.1 Å². The number of aliphatic hydroxyl groups is 1. The van der Waals surface area contributed by atoms with Crippen molar-refractivity contribution >= 4 is 22.0 Å². The molecular weight excluding hydrogens is 652 g/mol. The largest absolute Gasteiger partial charge is 0.462 e. The molecule has 5 unspecified atom stereocenters. The Labute approximate surface area is 286 Å². The predicted octanol–water partition coefficient (Wildman–Crippen LogP) is 4.33. The topological polar surface area (TPSA) is 155 Å². The van der Waals surface area contributed by atoms with E-state index in [1.807, 2.05) is 44.2 Å². The van der Waals surface area contributed by atoms with Gasteiger partial charge in [0.2, 0.25) is 10.0 Å². The molecular formula is C36H44N2O10S. The van der Waals surface area contributed by atoms with Crippen molar-refractivity contribution in [1.82, 2.24) is 9.29 Å². The fraction of sp³-hybridized carbons (Fsp3) is 0.528. The number of carbonyl (C=O) groups is 2. The molecule has 2 aliphatic heterocycles. The fourth-order valence-electron chi connectivity index (χ4n) is 7.20. The van der Waals surface area contributed by atoms with E-state index >= 15 is 0 Å². The number of aliphatic hydroxyl groups excluding tert-OH is 1. The molecule has 6 rings (SSSR count). The molecule has 1 aliphatic carbocycles. The molecule has 0 radical (unpaired) electrons. The molecule has 2 bridgehead atoms. The van der Waals surface area contributed by atoms with Crippen molar-refractivity contribution in [2.45, 2.75) is 63.4 Å². The van der Waals surface area contributed by atoms with E-state index in [2.05, 4.69) is 4.98 Å². The highest BCUT2D eigenvalue weighted by atomic mass is 32.2. The highest BCUT2D eigenvalue weighted by Crippen LogP contribution is 2.49. The normalized spacial score (nSPS) is 24.2. The van der Waals surface area contributed by atoms with Gasteiger partial charge in [0, 0.05) is 42.3 Å². The molecule has 0 amide bonds. The summed E-state index contributed by atoms with van der Waals surface area (Å²) in [6.07, 6.45) is 0.876. The maximum absolute atomic E-state index is 14.0. The second kappa shape index (κ2) is 15.1. The van der Waals surface area contributed by atoms with Crippen LogP contribution >= 0.6 is 0 Å². The van der Waals surface area contributed by atoms with Gasteiger partial charge in [-0.2, -0.15) is 4.31 Å². The van der Waals surface area contributed by atoms with Crippen LogP contribution in [0.5, 0.6) is 0 Å². The molecule has 3 heterocycles. The number of rotatable bonds is 15. The Morgan fingerprint density at radius 1 is 1.02 bits per heavy atom. The van der Waals surface area contributed by atoms with Crippen LogP contribution in [-0.2, 0) is 40.2 Å². The van der Waals surface area contributed by atoms with Crippen LogP contribution in [0.25, 0.3) is 11.3 Å². The van der Waals surface area contributed by atoms with Crippen LogP contribution in [0.3, 0.4) is 0 Å². The number of hydrogen-bond acceptors (Lipinski definition) is 11. The first kappa shape index (κ1) is 35.2. The van der Waals surface area contributed by atoms with E-state index in [9.17, 15) is 23.1 Å². The standard InChI is InChI=1S/C36H44N2O10S/c1-4-44-35(41)34-37-17-31(47-34)24-10-12-27(13-11-24)49(42,43)38(18-22(2)3)19-30(39)25(14-23-8-6-5-7-9-23)16-32(40)48-33-26-15-28-29(33)21-46-36(28)45-20-26/h5-13,17,22,25-26,28-30,33,36,39H,4,14-16,18-21H2,1-3H3/t25-,26?,28?,29?,30-,33?,36?/m1/s1. The van der Waals surface area contributed by atoms with Gasteiger partial charge in [-0.05, 0) is 55.5 Å². The highest BCUT2D eigenvalue weighted by Gasteiger charge is 2.56. The summed E-state index contributed by atoms with van der Waals surface area (Å²) in [7, 11) is -4.07. The zero-order valence-corrected chi connectivity index (χ0v) is 28.8. The van der Waals surface area contributed by atoms with Gasteiger partial charge in [-0.25, -0.2) is 18.2 Å². The van der Waals surface area contributed by atoms with E-state index < -0.39 is 34.0 Å². The van der Waals surface area contributed by atoms with Crippen LogP contribution in [0.15, 0.2) is 70.1 Å². The second-order valence-electron chi connectivity index (χ2n) is 13.5. The van der Waals surface area contributed by atoms with Crippen molar-refractivity contribution in [3.8, 4) is 11.3 Å². The van der Waals surface area contributed by atoms with Gasteiger partial charge >= 0.3 is 17.8 Å². The highest BCUT2D eigenvalue weighted by molar-refractivity contribution is 7.89. The third kappa shape index (κ3) is 7.91. The van der Waals surface area contributed by atoms with E-state index in [-0.39, 0.29) is 78.7 Å². The predicted molar refractivity (Wildman–Crippen MR) is 176 cm³/mol.